The van der Waals surface area contributed by atoms with Gasteiger partial charge in [0.15, 0.2) is 0 Å². The molecule has 16 heavy (non-hydrogen) atoms. The van der Waals surface area contributed by atoms with Crippen molar-refractivity contribution >= 4 is 5.69 Å². The molecule has 1 atom stereocenters. The van der Waals surface area contributed by atoms with Crippen molar-refractivity contribution in [3.8, 4) is 0 Å². The van der Waals surface area contributed by atoms with Gasteiger partial charge in [-0.05, 0) is 37.8 Å². The molecule has 2 N–H and O–H groups in total. The molecule has 0 radical (unpaired) electrons. The van der Waals surface area contributed by atoms with E-state index in [1.807, 2.05) is 19.2 Å². The Kier molecular flexibility index (Phi) is 3.44. The Labute approximate surface area is 97.7 Å². The van der Waals surface area contributed by atoms with Crippen molar-refractivity contribution in [1.29, 1.82) is 0 Å². The normalized spacial score (nSPS) is 17.9. The minimum atomic E-state index is 0.0194. The molecular weight excluding hydrogens is 198 g/mol. The zero-order valence-electron chi connectivity index (χ0n) is 10.2. The van der Waals surface area contributed by atoms with Gasteiger partial charge in [-0.25, -0.2) is 0 Å². The second kappa shape index (κ2) is 4.83. The molecule has 1 unspecified atom stereocenters. The van der Waals surface area contributed by atoms with E-state index in [1.54, 1.807) is 0 Å². The van der Waals surface area contributed by atoms with Crippen molar-refractivity contribution < 1.29 is 0 Å². The van der Waals surface area contributed by atoms with Gasteiger partial charge >= 0.3 is 0 Å². The van der Waals surface area contributed by atoms with Gasteiger partial charge in [-0.2, -0.15) is 0 Å². The topological polar surface area (TPSA) is 42.1 Å². The Morgan fingerprint density at radius 1 is 1.50 bits per heavy atom. The van der Waals surface area contributed by atoms with Crippen LogP contribution >= 0.6 is 0 Å². The molecule has 0 amide bonds. The summed E-state index contributed by atoms with van der Waals surface area (Å²) < 4.78 is 0. The van der Waals surface area contributed by atoms with Gasteiger partial charge in [0, 0.05) is 19.6 Å². The Morgan fingerprint density at radius 2 is 2.25 bits per heavy atom. The maximum absolute atomic E-state index is 5.78. The zero-order valence-corrected chi connectivity index (χ0v) is 10.2. The van der Waals surface area contributed by atoms with E-state index in [4.69, 9.17) is 5.73 Å². The van der Waals surface area contributed by atoms with Gasteiger partial charge in [0.1, 0.15) is 0 Å². The molecule has 0 bridgehead atoms. The third kappa shape index (κ3) is 2.53. The van der Waals surface area contributed by atoms with Crippen LogP contribution in [0, 0.1) is 5.92 Å². The van der Waals surface area contributed by atoms with Gasteiger partial charge < -0.3 is 10.6 Å². The van der Waals surface area contributed by atoms with E-state index in [2.05, 4.69) is 23.0 Å². The molecule has 0 aromatic carbocycles. The summed E-state index contributed by atoms with van der Waals surface area (Å²) in [5.41, 5.74) is 7.93. The van der Waals surface area contributed by atoms with Gasteiger partial charge in [-0.1, -0.05) is 6.42 Å². The first kappa shape index (κ1) is 11.4. The minimum absolute atomic E-state index is 0.0194. The maximum atomic E-state index is 5.78. The molecule has 2 rings (SSSR count). The Morgan fingerprint density at radius 3 is 2.69 bits per heavy atom. The highest BCUT2D eigenvalue weighted by Gasteiger charge is 2.19. The van der Waals surface area contributed by atoms with Crippen molar-refractivity contribution in [2.75, 3.05) is 18.5 Å². The Hall–Kier alpha value is -1.09. The second-order valence-corrected chi connectivity index (χ2v) is 4.91. The van der Waals surface area contributed by atoms with E-state index in [0.29, 0.717) is 0 Å². The predicted octanol–water partition coefficient (Wildman–Crippen LogP) is 2.34. The summed E-state index contributed by atoms with van der Waals surface area (Å²) in [7, 11) is 2.14. The summed E-state index contributed by atoms with van der Waals surface area (Å²) in [5.74, 6) is 0.887. The number of rotatable bonds is 4. The van der Waals surface area contributed by atoms with Crippen LogP contribution in [0.1, 0.15) is 37.9 Å². The fourth-order valence-corrected chi connectivity index (χ4v) is 2.06. The molecule has 1 saturated carbocycles. The molecule has 1 aliphatic carbocycles. The monoisotopic (exact) mass is 219 g/mol. The zero-order chi connectivity index (χ0) is 11.5. The number of nitrogens with zero attached hydrogens (tertiary/aromatic N) is 2. The molecule has 0 saturated heterocycles. The first-order valence-corrected chi connectivity index (χ1v) is 6.09. The number of anilines is 1. The smallest absolute Gasteiger partial charge is 0.0569 e. The second-order valence-electron chi connectivity index (χ2n) is 4.91. The van der Waals surface area contributed by atoms with Crippen molar-refractivity contribution in [3.63, 3.8) is 0 Å². The number of hydrogen-bond acceptors (Lipinski definition) is 3. The van der Waals surface area contributed by atoms with Gasteiger partial charge in [0.25, 0.3) is 0 Å². The van der Waals surface area contributed by atoms with Crippen LogP contribution in [-0.4, -0.2) is 18.6 Å². The van der Waals surface area contributed by atoms with E-state index < -0.39 is 0 Å². The van der Waals surface area contributed by atoms with Gasteiger partial charge in [-0.3, -0.25) is 4.98 Å². The third-order valence-corrected chi connectivity index (χ3v) is 3.43. The first-order chi connectivity index (χ1) is 7.66. The van der Waals surface area contributed by atoms with Crippen molar-refractivity contribution in [1.82, 2.24) is 4.98 Å². The average Bonchev–Trinajstić information content (AvgIpc) is 2.23. The number of aromatic nitrogens is 1. The van der Waals surface area contributed by atoms with E-state index in [1.165, 1.54) is 24.9 Å². The van der Waals surface area contributed by atoms with Crippen LogP contribution in [0.15, 0.2) is 18.3 Å². The summed E-state index contributed by atoms with van der Waals surface area (Å²) in [4.78, 5) is 6.68. The standard InChI is InChI=1S/C13H21N3/c1-10(14)13-7-6-12(8-15-13)16(2)9-11-4-3-5-11/h6-8,10-11H,3-5,9,14H2,1-2H3. The van der Waals surface area contributed by atoms with E-state index in [9.17, 15) is 0 Å². The van der Waals surface area contributed by atoms with Crippen LogP contribution in [0.3, 0.4) is 0 Å². The summed E-state index contributed by atoms with van der Waals surface area (Å²) in [6.45, 7) is 3.11. The fourth-order valence-electron chi connectivity index (χ4n) is 2.06. The minimum Gasteiger partial charge on any atom is -0.373 e. The Balaban J connectivity index is 1.97. The van der Waals surface area contributed by atoms with Crippen LogP contribution in [0.25, 0.3) is 0 Å². The van der Waals surface area contributed by atoms with E-state index in [-0.39, 0.29) is 6.04 Å². The molecule has 3 heteroatoms. The fraction of sp³-hybridized carbons (Fsp3) is 0.615. The van der Waals surface area contributed by atoms with Crippen molar-refractivity contribution in [2.45, 2.75) is 32.2 Å². The summed E-state index contributed by atoms with van der Waals surface area (Å²) in [6, 6.07) is 4.16. The molecule has 1 aliphatic rings. The van der Waals surface area contributed by atoms with Crippen LogP contribution in [0.5, 0.6) is 0 Å². The summed E-state index contributed by atoms with van der Waals surface area (Å²) >= 11 is 0. The van der Waals surface area contributed by atoms with Gasteiger partial charge in [-0.15, -0.1) is 0 Å². The SMILES string of the molecule is CC(N)c1ccc(N(C)CC2CCC2)cn1. The maximum Gasteiger partial charge on any atom is 0.0569 e. The molecule has 88 valence electrons. The highest BCUT2D eigenvalue weighted by Crippen LogP contribution is 2.28. The molecule has 3 nitrogen and oxygen atoms in total. The van der Waals surface area contributed by atoms with Crippen molar-refractivity contribution in [3.05, 3.63) is 24.0 Å². The molecule has 0 spiro atoms. The van der Waals surface area contributed by atoms with Gasteiger partial charge in [0.2, 0.25) is 0 Å². The lowest BCUT2D eigenvalue weighted by Gasteiger charge is -2.31. The predicted molar refractivity (Wildman–Crippen MR) is 67.5 cm³/mol. The molecule has 0 aliphatic heterocycles. The van der Waals surface area contributed by atoms with Crippen molar-refractivity contribution in [2.24, 2.45) is 11.7 Å². The summed E-state index contributed by atoms with van der Waals surface area (Å²) in [6.07, 6.45) is 6.10. The Bertz CT molecular complexity index is 328. The molecule has 1 fully saturated rings. The van der Waals surface area contributed by atoms with Crippen LogP contribution in [0.2, 0.25) is 0 Å². The first-order valence-electron chi connectivity index (χ1n) is 6.09. The van der Waals surface area contributed by atoms with E-state index in [0.717, 1.165) is 18.2 Å². The number of hydrogen-bond donors (Lipinski definition) is 1. The molecule has 1 aromatic heterocycles. The lowest BCUT2D eigenvalue weighted by atomic mass is 9.85. The summed E-state index contributed by atoms with van der Waals surface area (Å²) in [5, 5.41) is 0. The molecular formula is C13H21N3. The van der Waals surface area contributed by atoms with Crippen LogP contribution in [-0.2, 0) is 0 Å². The highest BCUT2D eigenvalue weighted by atomic mass is 15.1. The van der Waals surface area contributed by atoms with Crippen LogP contribution < -0.4 is 10.6 Å². The average molecular weight is 219 g/mol. The van der Waals surface area contributed by atoms with Crippen LogP contribution in [0.4, 0.5) is 5.69 Å². The number of nitrogens with two attached hydrogens (primary N) is 1. The molecule has 1 aromatic rings. The van der Waals surface area contributed by atoms with Gasteiger partial charge in [0.05, 0.1) is 17.6 Å². The molecule has 1 heterocycles. The third-order valence-electron chi connectivity index (χ3n) is 3.43. The largest absolute Gasteiger partial charge is 0.373 e. The number of pyridine rings is 1. The lowest BCUT2D eigenvalue weighted by molar-refractivity contribution is 0.321. The van der Waals surface area contributed by atoms with E-state index >= 15 is 0 Å². The lowest BCUT2D eigenvalue weighted by Crippen LogP contribution is -2.29. The highest BCUT2D eigenvalue weighted by molar-refractivity contribution is 5.43. The quantitative estimate of drug-likeness (QED) is 0.845.